The second-order valence-electron chi connectivity index (χ2n) is 15.2. The zero-order valence-electron chi connectivity index (χ0n) is 33.9. The van der Waals surface area contributed by atoms with Gasteiger partial charge in [-0.05, 0) is 35.9 Å². The molecule has 0 amide bonds. The molecule has 3 aliphatic rings. The van der Waals surface area contributed by atoms with E-state index in [0.717, 1.165) is 0 Å². The van der Waals surface area contributed by atoms with E-state index in [2.05, 4.69) is 0 Å². The number of carbonyl (C=O) groups excluding carboxylic acids is 5. The highest BCUT2D eigenvalue weighted by molar-refractivity contribution is 6.08. The van der Waals surface area contributed by atoms with Gasteiger partial charge in [-0.25, -0.2) is 24.0 Å². The number of aliphatic hydroxyl groups excluding tert-OH is 1. The van der Waals surface area contributed by atoms with E-state index in [1.165, 1.54) is 0 Å². The van der Waals surface area contributed by atoms with Gasteiger partial charge in [0.2, 0.25) is 29.6 Å². The predicted octanol–water partition coefficient (Wildman–Crippen LogP) is -0.131. The predicted molar refractivity (Wildman–Crippen MR) is 210 cm³/mol. The smallest absolute Gasteiger partial charge is 0.343 e. The van der Waals surface area contributed by atoms with Gasteiger partial charge in [-0.3, -0.25) is 9.59 Å². The van der Waals surface area contributed by atoms with Crippen LogP contribution in [0, 0.1) is 5.92 Å². The van der Waals surface area contributed by atoms with E-state index in [4.69, 9.17) is 28.4 Å². The van der Waals surface area contributed by atoms with Crippen molar-refractivity contribution in [2.45, 2.75) is 49.1 Å². The van der Waals surface area contributed by atoms with E-state index in [1.54, 1.807) is 0 Å². The van der Waals surface area contributed by atoms with Crippen LogP contribution in [0.2, 0.25) is 0 Å². The number of cyclic esters (lactones) is 1. The third-order valence-corrected chi connectivity index (χ3v) is 11.0. The first kappa shape index (κ1) is 47.6. The van der Waals surface area contributed by atoms with Crippen LogP contribution >= 0.6 is 0 Å². The Bertz CT molecular complexity index is 2880. The number of hydrogen-bond acceptors (Lipinski definition) is 26. The van der Waals surface area contributed by atoms with Crippen molar-refractivity contribution in [3.63, 3.8) is 0 Å². The maximum atomic E-state index is 14.6. The summed E-state index contributed by atoms with van der Waals surface area (Å²) < 4.78 is 33.4. The Morgan fingerprint density at radius 2 is 1.07 bits per heavy atom. The number of phenols is 12. The number of carboxylic acids is 2. The molecule has 364 valence electrons. The average Bonchev–Trinajstić information content (AvgIpc) is 3.28. The third-order valence-electron chi connectivity index (χ3n) is 11.0. The van der Waals surface area contributed by atoms with E-state index in [1.807, 2.05) is 0 Å². The van der Waals surface area contributed by atoms with Crippen molar-refractivity contribution in [1.82, 2.24) is 0 Å². The van der Waals surface area contributed by atoms with E-state index in [-0.39, 0.29) is 0 Å². The number of fused-ring (bicyclic) bond motifs is 4. The summed E-state index contributed by atoms with van der Waals surface area (Å²) in [5.41, 5.74) is -8.05. The summed E-state index contributed by atoms with van der Waals surface area (Å²) in [7, 11) is 0. The summed E-state index contributed by atoms with van der Waals surface area (Å²) >= 11 is 0. The van der Waals surface area contributed by atoms with Gasteiger partial charge in [0, 0.05) is 17.0 Å². The first-order chi connectivity index (χ1) is 32.3. The molecule has 7 rings (SSSR count). The lowest BCUT2D eigenvalue weighted by atomic mass is 9.77. The molecular formula is C41H32O28. The molecule has 28 heteroatoms. The van der Waals surface area contributed by atoms with Crippen molar-refractivity contribution in [1.29, 1.82) is 0 Å². The first-order valence-corrected chi connectivity index (χ1v) is 19.2. The lowest BCUT2D eigenvalue weighted by Gasteiger charge is -2.44. The van der Waals surface area contributed by atoms with Gasteiger partial charge in [0.1, 0.15) is 18.3 Å². The Hall–Kier alpha value is -9.31. The quantitative estimate of drug-likeness (QED) is 0.0680. The van der Waals surface area contributed by atoms with E-state index >= 15 is 0 Å². The van der Waals surface area contributed by atoms with Gasteiger partial charge in [0.05, 0.1) is 29.0 Å². The monoisotopic (exact) mass is 972 g/mol. The van der Waals surface area contributed by atoms with Gasteiger partial charge in [-0.2, -0.15) is 0 Å². The van der Waals surface area contributed by atoms with Crippen LogP contribution in [0.25, 0.3) is 11.1 Å². The van der Waals surface area contributed by atoms with Crippen LogP contribution in [0.4, 0.5) is 0 Å². The molecule has 69 heavy (non-hydrogen) atoms. The van der Waals surface area contributed by atoms with Crippen molar-refractivity contribution in [2.24, 2.45) is 5.92 Å². The molecule has 0 saturated carbocycles. The van der Waals surface area contributed by atoms with Crippen LogP contribution in [0.1, 0.15) is 59.3 Å². The largest absolute Gasteiger partial charge is 0.504 e. The number of aromatic hydroxyl groups is 12. The molecule has 3 aliphatic heterocycles. The zero-order chi connectivity index (χ0) is 50.8. The summed E-state index contributed by atoms with van der Waals surface area (Å²) in [6.45, 7) is -1.38. The minimum atomic E-state index is -2.98. The molecule has 4 aromatic carbocycles. The number of aliphatic carboxylic acids is 2. The maximum Gasteiger partial charge on any atom is 0.343 e. The highest BCUT2D eigenvalue weighted by Gasteiger charge is 2.57. The second kappa shape index (κ2) is 17.5. The van der Waals surface area contributed by atoms with E-state index < -0.39 is 211 Å². The third kappa shape index (κ3) is 8.20. The molecule has 0 aliphatic carbocycles. The Balaban J connectivity index is 1.53. The minimum absolute atomic E-state index is 0.315. The average molecular weight is 973 g/mol. The van der Waals surface area contributed by atoms with Gasteiger partial charge in [0.25, 0.3) is 0 Å². The molecule has 4 bridgehead atoms. The van der Waals surface area contributed by atoms with Crippen LogP contribution in [0.3, 0.4) is 0 Å². The Morgan fingerprint density at radius 1 is 0.580 bits per heavy atom. The number of benzene rings is 4. The summed E-state index contributed by atoms with van der Waals surface area (Å²) in [5.74, 6) is -35.3. The molecule has 8 unspecified atom stereocenters. The second-order valence-corrected chi connectivity index (χ2v) is 15.2. The van der Waals surface area contributed by atoms with Gasteiger partial charge in [-0.1, -0.05) is 0 Å². The van der Waals surface area contributed by atoms with Crippen LogP contribution < -0.4 is 0 Å². The fraction of sp³-hybridized carbons (Fsp3) is 0.244. The number of carboxylic acid groups (broad SMARTS) is 2. The standard InChI is InChI=1S/C41H32O28/c42-13-1-8(2-14(43)24(13)49)36(59)69-41-34-33-32(66-39(62)12(6-19(47)48)20(31(56)35(57)58)9-3-15(44)27(52)30(55)23(9)40(63)68-34)18(65-41)7-64-37(60)10-4-16(45)25(50)28(53)21(10)22-11(38(61)67-33)5-17(46)26(51)29(22)54/h1-5,12,18,20,31-34,41-46,49-56H,6-7H2,(H,47,48)(H,57,58). The van der Waals surface area contributed by atoms with Crippen molar-refractivity contribution < 1.29 is 139 Å². The van der Waals surface area contributed by atoms with Crippen molar-refractivity contribution in [2.75, 3.05) is 6.61 Å². The van der Waals surface area contributed by atoms with Gasteiger partial charge in [0.15, 0.2) is 70.1 Å². The number of esters is 5. The SMILES string of the molecule is O=C(O)CC1C(=O)OC2C3COC(=O)c4cc(O)c(O)c(O)c4-c4c(cc(O)c(O)c4O)C(=O)OC2C(OC(=O)c2c(cc(O)c(O)c2O)C1C(O)C(=O)O)C(OC(=O)c1cc(O)c(O)c(O)c1)O3. The van der Waals surface area contributed by atoms with E-state index in [9.17, 15) is 110 Å². The lowest BCUT2D eigenvalue weighted by molar-refractivity contribution is -0.287. The minimum Gasteiger partial charge on any atom is -0.504 e. The van der Waals surface area contributed by atoms with Crippen LogP contribution in [-0.4, -0.2) is 162 Å². The fourth-order valence-corrected chi connectivity index (χ4v) is 7.80. The summed E-state index contributed by atoms with van der Waals surface area (Å²) in [4.78, 5) is 96.0. The molecule has 1 fully saturated rings. The van der Waals surface area contributed by atoms with Crippen LogP contribution in [0.15, 0.2) is 30.3 Å². The normalized spacial score (nSPS) is 22.7. The molecule has 0 radical (unpaired) electrons. The highest BCUT2D eigenvalue weighted by atomic mass is 16.7. The Labute approximate surface area is 380 Å². The maximum absolute atomic E-state index is 14.6. The fourth-order valence-electron chi connectivity index (χ4n) is 7.80. The molecule has 0 spiro atoms. The topological polar surface area (TPSA) is 478 Å². The summed E-state index contributed by atoms with van der Waals surface area (Å²) in [6, 6.07) is 2.07. The van der Waals surface area contributed by atoms with Crippen LogP contribution in [-0.2, 0) is 42.8 Å². The zero-order valence-corrected chi connectivity index (χ0v) is 33.9. The molecule has 28 nitrogen and oxygen atoms in total. The summed E-state index contributed by atoms with van der Waals surface area (Å²) in [5, 5.41) is 158. The molecule has 15 N–H and O–H groups in total. The molecule has 4 aromatic rings. The first-order valence-electron chi connectivity index (χ1n) is 19.2. The van der Waals surface area contributed by atoms with Crippen molar-refractivity contribution >= 4 is 41.8 Å². The number of ether oxygens (including phenoxy) is 6. The summed E-state index contributed by atoms with van der Waals surface area (Å²) in [6.07, 6.45) is -17.4. The number of carbonyl (C=O) groups is 7. The molecule has 3 heterocycles. The van der Waals surface area contributed by atoms with Crippen LogP contribution in [0.5, 0.6) is 69.0 Å². The Morgan fingerprint density at radius 3 is 1.61 bits per heavy atom. The highest BCUT2D eigenvalue weighted by Crippen LogP contribution is 2.53. The number of aliphatic hydroxyl groups is 1. The Kier molecular flexibility index (Phi) is 12.1. The molecule has 8 atom stereocenters. The van der Waals surface area contributed by atoms with E-state index in [0.29, 0.717) is 30.3 Å². The molecular weight excluding hydrogens is 940 g/mol. The molecule has 1 saturated heterocycles. The number of rotatable bonds is 6. The van der Waals surface area contributed by atoms with Gasteiger partial charge < -0.3 is 105 Å². The van der Waals surface area contributed by atoms with Gasteiger partial charge in [-0.15, -0.1) is 0 Å². The van der Waals surface area contributed by atoms with Gasteiger partial charge >= 0.3 is 41.8 Å². The van der Waals surface area contributed by atoms with Crippen molar-refractivity contribution in [3.8, 4) is 80.1 Å². The molecule has 0 aromatic heterocycles. The number of phenolic OH excluding ortho intramolecular Hbond substituents is 12. The van der Waals surface area contributed by atoms with Crippen molar-refractivity contribution in [3.05, 3.63) is 58.1 Å². The lowest BCUT2D eigenvalue weighted by Crippen LogP contribution is -2.63. The number of hydrogen-bond donors (Lipinski definition) is 15.